The summed E-state index contributed by atoms with van der Waals surface area (Å²) in [6.45, 7) is 12.5. The molecule has 8 atom stereocenters. The van der Waals surface area contributed by atoms with Crippen LogP contribution in [0.15, 0.2) is 205 Å². The van der Waals surface area contributed by atoms with Crippen LogP contribution < -0.4 is 47.7 Å². The molecule has 2 saturated carbocycles. The van der Waals surface area contributed by atoms with E-state index in [-0.39, 0.29) is 59.6 Å². The Balaban J connectivity index is 0.000000185. The lowest BCUT2D eigenvalue weighted by molar-refractivity contribution is 0.0456. The van der Waals surface area contributed by atoms with Gasteiger partial charge < -0.3 is 57.9 Å². The Labute approximate surface area is 620 Å². The monoisotopic (exact) mass is 1490 g/mol. The van der Waals surface area contributed by atoms with E-state index in [4.69, 9.17) is 61.1 Å². The number of rotatable bonds is 24. The van der Waals surface area contributed by atoms with Crippen LogP contribution in [0, 0.1) is 23.7 Å². The highest BCUT2D eigenvalue weighted by atomic mass is 35.5. The van der Waals surface area contributed by atoms with Gasteiger partial charge in [0.25, 0.3) is 0 Å². The number of halogens is 2. The Morgan fingerprint density at radius 3 is 1.11 bits per heavy atom. The molecular weight excluding hydrogens is 1400 g/mol. The normalized spacial score (nSPS) is 21.5. The van der Waals surface area contributed by atoms with Gasteiger partial charge in [0, 0.05) is 73.5 Å². The lowest BCUT2D eigenvalue weighted by atomic mass is 9.70. The van der Waals surface area contributed by atoms with E-state index in [1.54, 1.807) is 77.0 Å². The van der Waals surface area contributed by atoms with Crippen LogP contribution in [0.2, 0.25) is 10.0 Å². The fourth-order valence-corrected chi connectivity index (χ4v) is 18.7. The van der Waals surface area contributed by atoms with Crippen molar-refractivity contribution in [2.75, 3.05) is 90.8 Å². The van der Waals surface area contributed by atoms with Crippen molar-refractivity contribution in [1.82, 2.24) is 8.61 Å². The molecule has 2 spiro atoms. The van der Waals surface area contributed by atoms with Gasteiger partial charge in [-0.25, -0.2) is 16.8 Å². The first kappa shape index (κ1) is 73.9. The average Bonchev–Trinajstić information content (AvgIpc) is 1.57. The highest BCUT2D eigenvalue weighted by Gasteiger charge is 2.48. The first-order valence-electron chi connectivity index (χ1n) is 35.3. The smallest absolute Gasteiger partial charge is 0.243 e. The second-order valence-corrected chi connectivity index (χ2v) is 32.8. The summed E-state index contributed by atoms with van der Waals surface area (Å²) in [7, 11) is -1.65. The molecule has 18 nitrogen and oxygen atoms in total. The number of fused-ring (bicyclic) bond motifs is 6. The van der Waals surface area contributed by atoms with Crippen molar-refractivity contribution in [1.29, 1.82) is 0 Å². The zero-order valence-electron chi connectivity index (χ0n) is 59.1. The molecule has 0 unspecified atom stereocenters. The molecule has 0 bridgehead atoms. The third-order valence-corrected chi connectivity index (χ3v) is 25.9. The van der Waals surface area contributed by atoms with Gasteiger partial charge in [-0.2, -0.15) is 8.61 Å². The van der Waals surface area contributed by atoms with E-state index in [1.807, 2.05) is 133 Å². The molecule has 2 N–H and O–H groups in total. The summed E-state index contributed by atoms with van der Waals surface area (Å²) < 4.78 is 109. The Morgan fingerprint density at radius 2 is 0.808 bits per heavy atom. The number of anilines is 2. The number of methoxy groups -OCH3 is 4. The number of hydrogen-bond acceptors (Lipinski definition) is 16. The molecule has 4 aliphatic heterocycles. The Morgan fingerprint density at radius 1 is 0.471 bits per heavy atom. The van der Waals surface area contributed by atoms with Gasteiger partial charge >= 0.3 is 0 Å². The SMILES string of the molecule is C=C[C@@H](O)[C@@H]1CC[C@H]1CN1C[C@@]2(CCOc3cc(Cl)ccc32)COc2ccc(S(=O)(=O)N(Cc3ccc(OC)cc3)Cc3ccc(OC)cc3)cc21.C=C[C@H](O)[C@@H]1CC[C@H]1CN1C[C@@]2(CCOc3cc(Cl)ccc32)COc2ccc(S(=O)(=O)N(Cc3ccc(OC)cc3)Cc3ccc(OC)cc3)cc21. The third-order valence-electron chi connectivity index (χ3n) is 21.8. The summed E-state index contributed by atoms with van der Waals surface area (Å²) in [6, 6.07) is 51.6. The number of aliphatic hydroxyl groups is 2. The first-order valence-corrected chi connectivity index (χ1v) is 38.9. The van der Waals surface area contributed by atoms with E-state index in [2.05, 4.69) is 23.0 Å². The minimum absolute atomic E-state index is 0.0817. The van der Waals surface area contributed by atoms with Gasteiger partial charge in [0.15, 0.2) is 0 Å². The first-order chi connectivity index (χ1) is 50.2. The standard InChI is InChI=1S/2C41H45ClN2O7S/c2*1-4-38(45)35-16-9-30(35)25-43-26-41(19-20-50-40-21-31(42)10-17-36(40)41)27-51-39-18-15-34(22-37(39)43)52(46,47)44(23-28-5-11-32(48-2)12-6-28)24-29-7-13-33(49-3)14-8-29/h2*4-8,10-15,17-18,21-22,30,35,38,45H,1,9,16,19-20,23-27H2,2-3H3/t30-,35+,38+,41-;30-,35+,38-,41-/m00/s1. The van der Waals surface area contributed by atoms with Gasteiger partial charge in [-0.1, -0.05) is 96.0 Å². The van der Waals surface area contributed by atoms with Gasteiger partial charge in [0.2, 0.25) is 20.0 Å². The summed E-state index contributed by atoms with van der Waals surface area (Å²) in [4.78, 5) is 4.89. The van der Waals surface area contributed by atoms with Crippen LogP contribution in [-0.2, 0) is 57.1 Å². The minimum Gasteiger partial charge on any atom is -0.497 e. The molecule has 548 valence electrons. The van der Waals surface area contributed by atoms with Gasteiger partial charge in [-0.05, 0) is 194 Å². The fraction of sp³-hybridized carbons (Fsp3) is 0.366. The Bertz CT molecular complexity index is 4200. The van der Waals surface area contributed by atoms with Crippen molar-refractivity contribution < 1.29 is 64.9 Å². The number of aliphatic hydroxyl groups excluding tert-OH is 2. The van der Waals surface area contributed by atoms with Crippen LogP contribution in [0.4, 0.5) is 11.4 Å². The van der Waals surface area contributed by atoms with E-state index in [0.717, 1.165) is 83.4 Å². The Kier molecular flexibility index (Phi) is 22.5. The fourth-order valence-electron chi connectivity index (χ4n) is 15.5. The van der Waals surface area contributed by atoms with Crippen molar-refractivity contribution in [3.8, 4) is 46.0 Å². The number of ether oxygens (including phenoxy) is 8. The molecule has 104 heavy (non-hydrogen) atoms. The van der Waals surface area contributed by atoms with E-state index >= 15 is 0 Å². The maximum absolute atomic E-state index is 14.8. The molecule has 4 heterocycles. The zero-order chi connectivity index (χ0) is 72.9. The van der Waals surface area contributed by atoms with Crippen molar-refractivity contribution >= 4 is 54.6 Å². The van der Waals surface area contributed by atoms with Crippen LogP contribution in [0.1, 0.15) is 71.9 Å². The lowest BCUT2D eigenvalue weighted by Gasteiger charge is -2.45. The average molecular weight is 1490 g/mol. The second-order valence-electron chi connectivity index (χ2n) is 28.0. The molecule has 6 aliphatic rings. The molecule has 8 aromatic rings. The molecule has 0 radical (unpaired) electrons. The van der Waals surface area contributed by atoms with Gasteiger partial charge in [0.05, 0.1) is 99.1 Å². The quantitative estimate of drug-likeness (QED) is 0.0542. The predicted octanol–water partition coefficient (Wildman–Crippen LogP) is 14.5. The highest BCUT2D eigenvalue weighted by molar-refractivity contribution is 7.89. The van der Waals surface area contributed by atoms with Crippen LogP contribution in [0.25, 0.3) is 0 Å². The maximum Gasteiger partial charge on any atom is 0.243 e. The zero-order valence-corrected chi connectivity index (χ0v) is 62.2. The van der Waals surface area contributed by atoms with Gasteiger partial charge in [-0.3, -0.25) is 0 Å². The predicted molar refractivity (Wildman–Crippen MR) is 404 cm³/mol. The summed E-state index contributed by atoms with van der Waals surface area (Å²) in [5.41, 5.74) is 5.93. The Hall–Kier alpha value is -8.44. The van der Waals surface area contributed by atoms with Crippen LogP contribution >= 0.6 is 23.2 Å². The largest absolute Gasteiger partial charge is 0.497 e. The van der Waals surface area contributed by atoms with E-state index in [9.17, 15) is 27.0 Å². The van der Waals surface area contributed by atoms with E-state index < -0.39 is 43.1 Å². The van der Waals surface area contributed by atoms with Crippen molar-refractivity contribution in [3.05, 3.63) is 239 Å². The molecule has 0 amide bonds. The van der Waals surface area contributed by atoms with Crippen LogP contribution in [0.3, 0.4) is 0 Å². The summed E-state index contributed by atoms with van der Waals surface area (Å²) in [5, 5.41) is 22.7. The molecule has 14 rings (SSSR count). The molecule has 8 aromatic carbocycles. The number of sulfonamides is 2. The van der Waals surface area contributed by atoms with Crippen molar-refractivity contribution in [2.24, 2.45) is 23.7 Å². The number of benzene rings is 8. The molecular formula is C82H90Cl2N4O14S2. The van der Waals surface area contributed by atoms with E-state index in [0.29, 0.717) is 109 Å². The molecule has 2 fully saturated rings. The lowest BCUT2D eigenvalue weighted by Crippen LogP contribution is -2.50. The van der Waals surface area contributed by atoms with Crippen LogP contribution in [-0.4, -0.2) is 129 Å². The van der Waals surface area contributed by atoms with Gasteiger partial charge in [-0.15, -0.1) is 13.2 Å². The second kappa shape index (κ2) is 31.7. The highest BCUT2D eigenvalue weighted by Crippen LogP contribution is 2.51. The molecule has 2 aliphatic carbocycles. The number of nitrogens with zero attached hydrogens (tertiary/aromatic N) is 4. The molecule has 0 saturated heterocycles. The van der Waals surface area contributed by atoms with Gasteiger partial charge in [0.1, 0.15) is 46.0 Å². The summed E-state index contributed by atoms with van der Waals surface area (Å²) >= 11 is 12.8. The molecule has 22 heteroatoms. The molecule has 0 aromatic heterocycles. The summed E-state index contributed by atoms with van der Waals surface area (Å²) in [5.74, 6) is 6.07. The minimum atomic E-state index is -4.03. The van der Waals surface area contributed by atoms with E-state index in [1.165, 1.54) is 8.61 Å². The van der Waals surface area contributed by atoms with Crippen molar-refractivity contribution in [2.45, 2.75) is 97.5 Å². The van der Waals surface area contributed by atoms with Crippen molar-refractivity contribution in [3.63, 3.8) is 0 Å². The topological polar surface area (TPSA) is 196 Å². The van der Waals surface area contributed by atoms with Crippen LogP contribution in [0.5, 0.6) is 46.0 Å². The maximum atomic E-state index is 14.8. The number of hydrogen-bond donors (Lipinski definition) is 2. The third kappa shape index (κ3) is 15.8. The summed E-state index contributed by atoms with van der Waals surface area (Å²) in [6.07, 6.45) is 7.21.